The molecule has 0 aromatic heterocycles. The third-order valence-corrected chi connectivity index (χ3v) is 8.69. The molecule has 216 valence electrons. The topological polar surface area (TPSA) is 64.6 Å². The van der Waals surface area contributed by atoms with Gasteiger partial charge < -0.3 is 32.8 Å². The van der Waals surface area contributed by atoms with Crippen LogP contribution in [0.2, 0.25) is 0 Å². The normalized spacial score (nSPS) is 20.3. The van der Waals surface area contributed by atoms with E-state index in [1.165, 1.54) is 0 Å². The Kier molecular flexibility index (Phi) is 7.70. The minimum absolute atomic E-state index is 0.405. The Balaban J connectivity index is 1.33. The molecule has 0 amide bonds. The third kappa shape index (κ3) is 6.00. The monoisotopic (exact) mass is 558 g/mol. The van der Waals surface area contributed by atoms with Crippen LogP contribution in [0.1, 0.15) is 67.2 Å². The fraction of sp³-hybridized carbons (Fsp3) is 0.438. The number of hydrogen-bond acceptors (Lipinski definition) is 7. The number of benzene rings is 3. The average molecular weight is 558 g/mol. The van der Waals surface area contributed by atoms with Crippen molar-refractivity contribution in [2.24, 2.45) is 0 Å². The van der Waals surface area contributed by atoms with E-state index < -0.39 is 42.9 Å². The number of hydrogen-bond donors (Lipinski definition) is 0. The number of methoxy groups -OCH3 is 1. The molecule has 0 saturated carbocycles. The fourth-order valence-corrected chi connectivity index (χ4v) is 4.53. The summed E-state index contributed by atoms with van der Waals surface area (Å²) in [5, 5.41) is 0. The summed E-state index contributed by atoms with van der Waals surface area (Å²) in [6.45, 7) is 16.4. The van der Waals surface area contributed by atoms with E-state index in [2.05, 4.69) is 0 Å². The van der Waals surface area contributed by atoms with Crippen molar-refractivity contribution < 1.29 is 32.8 Å². The lowest BCUT2D eigenvalue weighted by Gasteiger charge is -2.32. The highest BCUT2D eigenvalue weighted by molar-refractivity contribution is 6.62. The van der Waals surface area contributed by atoms with Gasteiger partial charge in [-0.1, -0.05) is 24.3 Å². The van der Waals surface area contributed by atoms with Crippen molar-refractivity contribution in [3.05, 3.63) is 78.4 Å². The Hall–Kier alpha value is -2.97. The van der Waals surface area contributed by atoms with Gasteiger partial charge in [0.05, 0.1) is 29.5 Å². The van der Waals surface area contributed by atoms with Crippen molar-refractivity contribution in [3.8, 4) is 17.2 Å². The van der Waals surface area contributed by atoms with E-state index in [1.807, 2.05) is 128 Å². The van der Waals surface area contributed by atoms with Crippen molar-refractivity contribution in [2.75, 3.05) is 7.11 Å². The summed E-state index contributed by atoms with van der Waals surface area (Å²) in [4.78, 5) is 0. The predicted octanol–water partition coefficient (Wildman–Crippen LogP) is 5.45. The largest absolute Gasteiger partial charge is 0.497 e. The molecule has 2 fully saturated rings. The Labute approximate surface area is 244 Å². The van der Waals surface area contributed by atoms with E-state index >= 15 is 0 Å². The van der Waals surface area contributed by atoms with Crippen LogP contribution in [-0.4, -0.2) is 43.8 Å². The van der Waals surface area contributed by atoms with Crippen LogP contribution in [0.4, 0.5) is 0 Å². The van der Waals surface area contributed by atoms with Gasteiger partial charge >= 0.3 is 14.2 Å². The summed E-state index contributed by atoms with van der Waals surface area (Å²) in [5.41, 5.74) is 1.08. The maximum atomic E-state index is 6.37. The van der Waals surface area contributed by atoms with Crippen LogP contribution in [-0.2, 0) is 18.6 Å². The molecule has 0 radical (unpaired) electrons. The van der Waals surface area contributed by atoms with Crippen LogP contribution in [0.25, 0.3) is 0 Å². The molecular formula is C32H40B2O7. The maximum absolute atomic E-state index is 6.37. The lowest BCUT2D eigenvalue weighted by molar-refractivity contribution is 0.00382. The van der Waals surface area contributed by atoms with Gasteiger partial charge in [-0.05, 0) is 115 Å². The Bertz CT molecular complexity index is 1220. The van der Waals surface area contributed by atoms with Crippen molar-refractivity contribution >= 4 is 25.2 Å². The molecule has 2 heterocycles. The molecule has 41 heavy (non-hydrogen) atoms. The SMILES string of the molecule is COc1ccc(C(Oc2ccc(B3OC(C)(C)C(C)(C)O3)cc2)Oc2ccc(B3OC(C)(C)C(C)(C)O3)cc2)cc1. The quantitative estimate of drug-likeness (QED) is 0.269. The molecule has 9 heteroatoms. The summed E-state index contributed by atoms with van der Waals surface area (Å²) in [5.74, 6) is 2.06. The lowest BCUT2D eigenvalue weighted by Crippen LogP contribution is -2.41. The highest BCUT2D eigenvalue weighted by atomic mass is 16.7. The first-order chi connectivity index (χ1) is 19.2. The minimum Gasteiger partial charge on any atom is -0.497 e. The second-order valence-electron chi connectivity index (χ2n) is 12.7. The van der Waals surface area contributed by atoms with Crippen LogP contribution in [0, 0.1) is 0 Å². The molecule has 0 atom stereocenters. The summed E-state index contributed by atoms with van der Waals surface area (Å²) in [6.07, 6.45) is -0.702. The molecule has 2 aliphatic heterocycles. The Morgan fingerprint density at radius 1 is 0.488 bits per heavy atom. The predicted molar refractivity (Wildman–Crippen MR) is 161 cm³/mol. The molecule has 2 aliphatic rings. The Morgan fingerprint density at radius 3 is 1.12 bits per heavy atom. The van der Waals surface area contributed by atoms with Gasteiger partial charge in [-0.25, -0.2) is 0 Å². The molecule has 5 rings (SSSR count). The minimum atomic E-state index is -0.702. The fourth-order valence-electron chi connectivity index (χ4n) is 4.53. The molecule has 0 N–H and O–H groups in total. The number of ether oxygens (including phenoxy) is 3. The molecule has 2 saturated heterocycles. The molecule has 3 aromatic rings. The van der Waals surface area contributed by atoms with Gasteiger partial charge in [0, 0.05) is 5.56 Å². The first-order valence-electron chi connectivity index (χ1n) is 14.1. The summed E-state index contributed by atoms with van der Waals surface area (Å²) in [6, 6.07) is 23.1. The molecule has 7 nitrogen and oxygen atoms in total. The van der Waals surface area contributed by atoms with E-state index in [1.54, 1.807) is 7.11 Å². The Morgan fingerprint density at radius 2 is 0.805 bits per heavy atom. The summed E-state index contributed by atoms with van der Waals surface area (Å²) < 4.78 is 42.8. The zero-order valence-corrected chi connectivity index (χ0v) is 25.5. The van der Waals surface area contributed by atoms with Crippen LogP contribution in [0.3, 0.4) is 0 Å². The van der Waals surface area contributed by atoms with Gasteiger partial charge in [0.15, 0.2) is 0 Å². The molecular weight excluding hydrogens is 518 g/mol. The van der Waals surface area contributed by atoms with Crippen molar-refractivity contribution in [1.29, 1.82) is 0 Å². The van der Waals surface area contributed by atoms with Gasteiger partial charge in [-0.15, -0.1) is 0 Å². The molecule has 3 aromatic carbocycles. The first kappa shape index (κ1) is 29.5. The summed E-state index contributed by atoms with van der Waals surface area (Å²) in [7, 11) is 0.762. The van der Waals surface area contributed by atoms with Gasteiger partial charge in [-0.3, -0.25) is 0 Å². The molecule has 0 bridgehead atoms. The van der Waals surface area contributed by atoms with E-state index in [0.29, 0.717) is 11.5 Å². The van der Waals surface area contributed by atoms with Crippen LogP contribution < -0.4 is 25.1 Å². The maximum Gasteiger partial charge on any atom is 0.494 e. The highest BCUT2D eigenvalue weighted by Crippen LogP contribution is 2.38. The second kappa shape index (κ2) is 10.7. The smallest absolute Gasteiger partial charge is 0.494 e. The molecule has 0 spiro atoms. The van der Waals surface area contributed by atoms with Crippen LogP contribution in [0.15, 0.2) is 72.8 Å². The van der Waals surface area contributed by atoms with Crippen LogP contribution in [0.5, 0.6) is 17.2 Å². The van der Waals surface area contributed by atoms with Crippen molar-refractivity contribution in [1.82, 2.24) is 0 Å². The van der Waals surface area contributed by atoms with Crippen molar-refractivity contribution in [3.63, 3.8) is 0 Å². The number of rotatable bonds is 8. The summed E-state index contributed by atoms with van der Waals surface area (Å²) >= 11 is 0. The standard InChI is InChI=1S/C32H40B2O7/c1-29(2)30(3,4)39-33(38-29)23-12-18-26(19-13-23)36-28(22-10-16-25(35-9)17-11-22)37-27-20-14-24(15-21-27)34-40-31(5,6)32(7,8)41-34/h10-21,28H,1-9H3. The average Bonchev–Trinajstić information content (AvgIpc) is 3.28. The van der Waals surface area contributed by atoms with Crippen molar-refractivity contribution in [2.45, 2.75) is 84.1 Å². The lowest BCUT2D eigenvalue weighted by atomic mass is 9.79. The van der Waals surface area contributed by atoms with Gasteiger partial charge in [0.25, 0.3) is 6.29 Å². The van der Waals surface area contributed by atoms with E-state index in [4.69, 9.17) is 32.8 Å². The first-order valence-corrected chi connectivity index (χ1v) is 14.1. The highest BCUT2D eigenvalue weighted by Gasteiger charge is 2.52. The van der Waals surface area contributed by atoms with Gasteiger partial charge in [0.1, 0.15) is 17.2 Å². The molecule has 0 aliphatic carbocycles. The third-order valence-electron chi connectivity index (χ3n) is 8.69. The van der Waals surface area contributed by atoms with Gasteiger partial charge in [-0.2, -0.15) is 0 Å². The zero-order valence-electron chi connectivity index (χ0n) is 25.5. The van der Waals surface area contributed by atoms with E-state index in [9.17, 15) is 0 Å². The van der Waals surface area contributed by atoms with Crippen LogP contribution >= 0.6 is 0 Å². The van der Waals surface area contributed by atoms with Gasteiger partial charge in [0.2, 0.25) is 0 Å². The second-order valence-corrected chi connectivity index (χ2v) is 12.7. The molecule has 0 unspecified atom stereocenters. The van der Waals surface area contributed by atoms with E-state index in [-0.39, 0.29) is 0 Å². The van der Waals surface area contributed by atoms with E-state index in [0.717, 1.165) is 22.2 Å². The zero-order chi connectivity index (χ0) is 29.6.